The molecule has 0 rings (SSSR count). The average Bonchev–Trinajstić information content (AvgIpc) is 2.39. The van der Waals surface area contributed by atoms with Gasteiger partial charge < -0.3 is 11.1 Å². The van der Waals surface area contributed by atoms with Crippen LogP contribution in [0.3, 0.4) is 0 Å². The van der Waals surface area contributed by atoms with Crippen molar-refractivity contribution in [2.24, 2.45) is 5.73 Å². The Hall–Kier alpha value is -0.0800. The molecule has 2 heteroatoms. The van der Waals surface area contributed by atoms with Crippen molar-refractivity contribution in [3.63, 3.8) is 0 Å². The Labute approximate surface area is 115 Å². The van der Waals surface area contributed by atoms with Gasteiger partial charge in [0.05, 0.1) is 0 Å². The molecule has 0 fully saturated rings. The quantitative estimate of drug-likeness (QED) is 0.513. The third kappa shape index (κ3) is 7.38. The van der Waals surface area contributed by atoms with Crippen LogP contribution in [-0.4, -0.2) is 18.6 Å². The Bertz CT molecular complexity index is 168. The van der Waals surface area contributed by atoms with E-state index in [1.54, 1.807) is 0 Å². The zero-order valence-electron chi connectivity index (χ0n) is 13.2. The third-order valence-corrected chi connectivity index (χ3v) is 4.29. The smallest absolute Gasteiger partial charge is 0.0307 e. The fraction of sp³-hybridized carbons (Fsp3) is 1.00. The minimum Gasteiger partial charge on any atom is -0.324 e. The molecule has 0 radical (unpaired) electrons. The van der Waals surface area contributed by atoms with Gasteiger partial charge in [0.15, 0.2) is 0 Å². The third-order valence-electron chi connectivity index (χ3n) is 4.29. The van der Waals surface area contributed by atoms with Crippen LogP contribution in [0.4, 0.5) is 0 Å². The second-order valence-electron chi connectivity index (χ2n) is 5.86. The summed E-state index contributed by atoms with van der Waals surface area (Å²) >= 11 is 0. The lowest BCUT2D eigenvalue weighted by Gasteiger charge is -2.36. The maximum Gasteiger partial charge on any atom is 0.0307 e. The van der Waals surface area contributed by atoms with Crippen LogP contribution < -0.4 is 11.1 Å². The number of hydrogen-bond donors (Lipinski definition) is 2. The Morgan fingerprint density at radius 3 is 1.67 bits per heavy atom. The Morgan fingerprint density at radius 1 is 0.889 bits per heavy atom. The predicted octanol–water partition coefficient (Wildman–Crippen LogP) is 4.23. The molecule has 110 valence electrons. The topological polar surface area (TPSA) is 38.0 Å². The summed E-state index contributed by atoms with van der Waals surface area (Å²) in [6, 6.07) is 0.417. The first-order valence-corrected chi connectivity index (χ1v) is 8.06. The summed E-state index contributed by atoms with van der Waals surface area (Å²) in [6.07, 6.45) is 12.9. The lowest BCUT2D eigenvalue weighted by molar-refractivity contribution is 0.265. The highest BCUT2D eigenvalue weighted by atomic mass is 15.0. The van der Waals surface area contributed by atoms with Gasteiger partial charge in [0.1, 0.15) is 0 Å². The maximum atomic E-state index is 6.65. The van der Waals surface area contributed by atoms with Crippen molar-refractivity contribution >= 4 is 0 Å². The van der Waals surface area contributed by atoms with Crippen molar-refractivity contribution in [1.82, 2.24) is 5.32 Å². The molecular weight excluding hydrogens is 220 g/mol. The van der Waals surface area contributed by atoms with Crippen molar-refractivity contribution in [1.29, 1.82) is 0 Å². The van der Waals surface area contributed by atoms with E-state index in [9.17, 15) is 0 Å². The molecule has 0 spiro atoms. The number of unbranched alkanes of at least 4 members (excludes halogenated alkanes) is 6. The molecule has 1 atom stereocenters. The Balaban J connectivity index is 4.07. The van der Waals surface area contributed by atoms with Gasteiger partial charge in [-0.2, -0.15) is 0 Å². The highest BCUT2D eigenvalue weighted by molar-refractivity contribution is 4.92. The second-order valence-corrected chi connectivity index (χ2v) is 5.86. The molecule has 0 amide bonds. The van der Waals surface area contributed by atoms with Crippen molar-refractivity contribution in [3.05, 3.63) is 0 Å². The highest BCUT2D eigenvalue weighted by Crippen LogP contribution is 2.24. The van der Waals surface area contributed by atoms with E-state index in [2.05, 4.69) is 26.1 Å². The van der Waals surface area contributed by atoms with E-state index in [0.717, 1.165) is 0 Å². The summed E-state index contributed by atoms with van der Waals surface area (Å²) in [5.41, 5.74) is 6.65. The first-order chi connectivity index (χ1) is 8.60. The van der Waals surface area contributed by atoms with Crippen LogP contribution >= 0.6 is 0 Å². The van der Waals surface area contributed by atoms with Crippen LogP contribution in [0.2, 0.25) is 0 Å². The molecule has 0 aliphatic carbocycles. The molecule has 1 unspecified atom stereocenters. The van der Waals surface area contributed by atoms with Gasteiger partial charge in [0.2, 0.25) is 0 Å². The van der Waals surface area contributed by atoms with Gasteiger partial charge in [-0.05, 0) is 26.8 Å². The summed E-state index contributed by atoms with van der Waals surface area (Å²) in [5, 5.41) is 3.36. The van der Waals surface area contributed by atoms with Gasteiger partial charge >= 0.3 is 0 Å². The second kappa shape index (κ2) is 10.8. The number of nitrogens with two attached hydrogens (primary N) is 1. The maximum absolute atomic E-state index is 6.65. The molecule has 3 N–H and O–H groups in total. The number of hydrogen-bond acceptors (Lipinski definition) is 2. The Morgan fingerprint density at radius 2 is 1.33 bits per heavy atom. The summed E-state index contributed by atoms with van der Waals surface area (Å²) in [4.78, 5) is 0. The van der Waals surface area contributed by atoms with Gasteiger partial charge in [-0.15, -0.1) is 0 Å². The molecule has 0 heterocycles. The van der Waals surface area contributed by atoms with E-state index < -0.39 is 0 Å². The predicted molar refractivity (Wildman–Crippen MR) is 83.0 cm³/mol. The largest absolute Gasteiger partial charge is 0.324 e. The van der Waals surface area contributed by atoms with E-state index >= 15 is 0 Å². The highest BCUT2D eigenvalue weighted by Gasteiger charge is 2.29. The van der Waals surface area contributed by atoms with E-state index in [-0.39, 0.29) is 5.54 Å². The monoisotopic (exact) mass is 256 g/mol. The number of nitrogens with one attached hydrogen (secondary N) is 1. The molecule has 18 heavy (non-hydrogen) atoms. The zero-order chi connectivity index (χ0) is 13.9. The van der Waals surface area contributed by atoms with Gasteiger partial charge in [0.25, 0.3) is 0 Å². The molecular formula is C16H36N2. The van der Waals surface area contributed by atoms with E-state index in [1.807, 2.05) is 7.05 Å². The summed E-state index contributed by atoms with van der Waals surface area (Å²) in [5.74, 6) is 0. The van der Waals surface area contributed by atoms with Crippen LogP contribution in [0, 0.1) is 0 Å². The minimum absolute atomic E-state index is 0.00374. The average molecular weight is 256 g/mol. The zero-order valence-corrected chi connectivity index (χ0v) is 13.2. The van der Waals surface area contributed by atoms with E-state index in [0.29, 0.717) is 6.04 Å². The standard InChI is InChI=1S/C16H36N2/c1-5-7-9-11-13-16(17,15(3)18-4)14-12-10-8-6-2/h15,18H,5-14,17H2,1-4H3. The fourth-order valence-electron chi connectivity index (χ4n) is 2.61. The van der Waals surface area contributed by atoms with Gasteiger partial charge in [-0.3, -0.25) is 0 Å². The number of rotatable bonds is 12. The minimum atomic E-state index is -0.00374. The van der Waals surface area contributed by atoms with Crippen molar-refractivity contribution in [2.45, 2.75) is 96.6 Å². The molecule has 0 aromatic heterocycles. The first kappa shape index (κ1) is 17.9. The van der Waals surface area contributed by atoms with Crippen molar-refractivity contribution in [2.75, 3.05) is 7.05 Å². The molecule has 0 aromatic rings. The van der Waals surface area contributed by atoms with Crippen LogP contribution in [0.5, 0.6) is 0 Å². The molecule has 0 aliphatic heterocycles. The number of likely N-dealkylation sites (N-methyl/N-ethyl adjacent to an activating group) is 1. The molecule has 0 saturated heterocycles. The van der Waals surface area contributed by atoms with Crippen molar-refractivity contribution in [3.8, 4) is 0 Å². The van der Waals surface area contributed by atoms with Gasteiger partial charge in [-0.25, -0.2) is 0 Å². The SMILES string of the molecule is CCCCCCC(N)(CCCCCC)C(C)NC. The summed E-state index contributed by atoms with van der Waals surface area (Å²) in [7, 11) is 2.03. The lowest BCUT2D eigenvalue weighted by Crippen LogP contribution is -2.54. The normalized spacial score (nSPS) is 13.8. The summed E-state index contributed by atoms with van der Waals surface area (Å²) in [6.45, 7) is 6.76. The van der Waals surface area contributed by atoms with Gasteiger partial charge in [0, 0.05) is 11.6 Å². The van der Waals surface area contributed by atoms with Crippen molar-refractivity contribution < 1.29 is 0 Å². The Kier molecular flexibility index (Phi) is 10.8. The molecule has 0 bridgehead atoms. The van der Waals surface area contributed by atoms with Crippen LogP contribution in [-0.2, 0) is 0 Å². The first-order valence-electron chi connectivity index (χ1n) is 8.06. The van der Waals surface area contributed by atoms with Crippen LogP contribution in [0.25, 0.3) is 0 Å². The van der Waals surface area contributed by atoms with E-state index in [4.69, 9.17) is 5.73 Å². The summed E-state index contributed by atoms with van der Waals surface area (Å²) < 4.78 is 0. The van der Waals surface area contributed by atoms with E-state index in [1.165, 1.54) is 64.2 Å². The molecule has 0 aromatic carbocycles. The molecule has 0 aliphatic rings. The molecule has 2 nitrogen and oxygen atoms in total. The van der Waals surface area contributed by atoms with Crippen LogP contribution in [0.1, 0.15) is 85.0 Å². The fourth-order valence-corrected chi connectivity index (χ4v) is 2.61. The molecule has 0 saturated carbocycles. The van der Waals surface area contributed by atoms with Crippen LogP contribution in [0.15, 0.2) is 0 Å². The lowest BCUT2D eigenvalue weighted by atomic mass is 9.81. The van der Waals surface area contributed by atoms with Gasteiger partial charge in [-0.1, -0.05) is 65.2 Å².